The third-order valence-corrected chi connectivity index (χ3v) is 3.62. The average Bonchev–Trinajstić information content (AvgIpc) is 2.40. The second-order valence-corrected chi connectivity index (χ2v) is 4.66. The molecule has 1 heterocycles. The van der Waals surface area contributed by atoms with Gasteiger partial charge in [0.2, 0.25) is 0 Å². The van der Waals surface area contributed by atoms with Gasteiger partial charge in [0.05, 0.1) is 6.61 Å². The zero-order valence-corrected chi connectivity index (χ0v) is 11.2. The van der Waals surface area contributed by atoms with E-state index in [-0.39, 0.29) is 5.56 Å². The first kappa shape index (κ1) is 13.3. The molecule has 100 valence electrons. The van der Waals surface area contributed by atoms with Crippen LogP contribution in [0.3, 0.4) is 0 Å². The fraction of sp³-hybridized carbons (Fsp3) is 0.643. The van der Waals surface area contributed by atoms with E-state index in [4.69, 9.17) is 4.74 Å². The first-order valence-electron chi connectivity index (χ1n) is 6.75. The van der Waals surface area contributed by atoms with Crippen LogP contribution in [0, 0.1) is 0 Å². The summed E-state index contributed by atoms with van der Waals surface area (Å²) in [5.41, 5.74) is 2.55. The molecule has 4 nitrogen and oxygen atoms in total. The predicted octanol–water partition coefficient (Wildman–Crippen LogP) is 1.48. The molecule has 1 N–H and O–H groups in total. The Morgan fingerprint density at radius 2 is 2.33 bits per heavy atom. The highest BCUT2D eigenvalue weighted by molar-refractivity contribution is 5.27. The van der Waals surface area contributed by atoms with E-state index in [1.165, 1.54) is 11.3 Å². The molecule has 0 radical (unpaired) electrons. The number of nitrogens with one attached hydrogen (secondary N) is 1. The van der Waals surface area contributed by atoms with Gasteiger partial charge in [0.1, 0.15) is 0 Å². The van der Waals surface area contributed by atoms with E-state index < -0.39 is 0 Å². The first-order chi connectivity index (χ1) is 8.77. The molecule has 0 aromatic carbocycles. The quantitative estimate of drug-likeness (QED) is 0.805. The molecule has 18 heavy (non-hydrogen) atoms. The van der Waals surface area contributed by atoms with Gasteiger partial charge in [-0.2, -0.15) is 0 Å². The number of rotatable bonds is 5. The Bertz CT molecular complexity index is 454. The molecule has 2 rings (SSSR count). The van der Waals surface area contributed by atoms with Crippen LogP contribution in [0.1, 0.15) is 37.1 Å². The SMILES string of the molecule is CCOCCn1c2c(ccc1=O)C(NC)CCC2. The highest BCUT2D eigenvalue weighted by Gasteiger charge is 2.21. The number of hydrogen-bond acceptors (Lipinski definition) is 3. The fourth-order valence-electron chi connectivity index (χ4n) is 2.71. The summed E-state index contributed by atoms with van der Waals surface area (Å²) < 4.78 is 7.24. The molecule has 1 aromatic heterocycles. The normalized spacial score (nSPS) is 18.7. The molecule has 0 bridgehead atoms. The van der Waals surface area contributed by atoms with Crippen LogP contribution < -0.4 is 10.9 Å². The van der Waals surface area contributed by atoms with E-state index >= 15 is 0 Å². The standard InChI is InChI=1S/C14H22N2O2/c1-3-18-10-9-16-13-6-4-5-12(15-2)11(13)7-8-14(16)17/h7-8,12,15H,3-6,9-10H2,1-2H3. The van der Waals surface area contributed by atoms with Gasteiger partial charge >= 0.3 is 0 Å². The summed E-state index contributed by atoms with van der Waals surface area (Å²) in [4.78, 5) is 12.0. The van der Waals surface area contributed by atoms with Gasteiger partial charge in [-0.25, -0.2) is 0 Å². The van der Waals surface area contributed by atoms with Crippen molar-refractivity contribution < 1.29 is 4.74 Å². The Kier molecular flexibility index (Phi) is 4.55. The number of nitrogens with zero attached hydrogens (tertiary/aromatic N) is 1. The zero-order chi connectivity index (χ0) is 13.0. The lowest BCUT2D eigenvalue weighted by Gasteiger charge is -2.27. The molecule has 0 aliphatic heterocycles. The van der Waals surface area contributed by atoms with Crippen LogP contribution in [0.15, 0.2) is 16.9 Å². The lowest BCUT2D eigenvalue weighted by atomic mass is 9.91. The summed E-state index contributed by atoms with van der Waals surface area (Å²) in [6, 6.07) is 4.04. The van der Waals surface area contributed by atoms with Gasteiger partial charge in [0, 0.05) is 31.0 Å². The Labute approximate surface area is 108 Å². The lowest BCUT2D eigenvalue weighted by molar-refractivity contribution is 0.137. The summed E-state index contributed by atoms with van der Waals surface area (Å²) in [6.07, 6.45) is 3.28. The third-order valence-electron chi connectivity index (χ3n) is 3.62. The summed E-state index contributed by atoms with van der Waals surface area (Å²) in [5.74, 6) is 0. The minimum atomic E-state index is 0.0882. The van der Waals surface area contributed by atoms with Crippen molar-refractivity contribution >= 4 is 0 Å². The molecule has 1 aliphatic rings. The molecule has 0 saturated heterocycles. The zero-order valence-electron chi connectivity index (χ0n) is 11.2. The van der Waals surface area contributed by atoms with Crippen LogP contribution in [-0.2, 0) is 17.7 Å². The van der Waals surface area contributed by atoms with E-state index in [2.05, 4.69) is 5.32 Å². The van der Waals surface area contributed by atoms with Gasteiger partial charge < -0.3 is 14.6 Å². The lowest BCUT2D eigenvalue weighted by Crippen LogP contribution is -2.31. The molecule has 0 saturated carbocycles. The Hall–Kier alpha value is -1.13. The topological polar surface area (TPSA) is 43.3 Å². The van der Waals surface area contributed by atoms with Crippen molar-refractivity contribution in [3.63, 3.8) is 0 Å². The largest absolute Gasteiger partial charge is 0.380 e. The molecule has 0 fully saturated rings. The number of hydrogen-bond donors (Lipinski definition) is 1. The first-order valence-corrected chi connectivity index (χ1v) is 6.75. The summed E-state index contributed by atoms with van der Waals surface area (Å²) in [5, 5.41) is 3.33. The van der Waals surface area contributed by atoms with Crippen molar-refractivity contribution in [1.29, 1.82) is 0 Å². The molecule has 0 amide bonds. The van der Waals surface area contributed by atoms with Crippen LogP contribution in [0.5, 0.6) is 0 Å². The van der Waals surface area contributed by atoms with Gasteiger partial charge in [-0.3, -0.25) is 4.79 Å². The third kappa shape index (κ3) is 2.65. The van der Waals surface area contributed by atoms with Gasteiger partial charge in [-0.1, -0.05) is 6.07 Å². The van der Waals surface area contributed by atoms with Crippen molar-refractivity contribution in [1.82, 2.24) is 9.88 Å². The molecule has 0 spiro atoms. The van der Waals surface area contributed by atoms with Crippen molar-refractivity contribution in [2.45, 2.75) is 38.8 Å². The number of fused-ring (bicyclic) bond motifs is 1. The minimum absolute atomic E-state index is 0.0882. The van der Waals surface area contributed by atoms with E-state index in [9.17, 15) is 4.79 Å². The maximum absolute atomic E-state index is 12.0. The van der Waals surface area contributed by atoms with Gasteiger partial charge in [-0.05, 0) is 38.8 Å². The van der Waals surface area contributed by atoms with E-state index in [1.807, 2.05) is 24.6 Å². The van der Waals surface area contributed by atoms with Crippen molar-refractivity contribution in [3.05, 3.63) is 33.7 Å². The molecule has 1 aromatic rings. The Morgan fingerprint density at radius 3 is 3.06 bits per heavy atom. The van der Waals surface area contributed by atoms with Crippen LogP contribution in [-0.4, -0.2) is 24.8 Å². The van der Waals surface area contributed by atoms with Crippen LogP contribution >= 0.6 is 0 Å². The van der Waals surface area contributed by atoms with Gasteiger partial charge in [-0.15, -0.1) is 0 Å². The predicted molar refractivity (Wildman–Crippen MR) is 71.9 cm³/mol. The molecular weight excluding hydrogens is 228 g/mol. The number of ether oxygens (including phenoxy) is 1. The Morgan fingerprint density at radius 1 is 1.50 bits per heavy atom. The van der Waals surface area contributed by atoms with Gasteiger partial charge in [0.25, 0.3) is 5.56 Å². The molecular formula is C14H22N2O2. The molecule has 4 heteroatoms. The van der Waals surface area contributed by atoms with Crippen LogP contribution in [0.4, 0.5) is 0 Å². The van der Waals surface area contributed by atoms with Crippen LogP contribution in [0.25, 0.3) is 0 Å². The highest BCUT2D eigenvalue weighted by atomic mass is 16.5. The molecule has 1 unspecified atom stereocenters. The Balaban J connectivity index is 2.30. The highest BCUT2D eigenvalue weighted by Crippen LogP contribution is 2.28. The smallest absolute Gasteiger partial charge is 0.250 e. The maximum Gasteiger partial charge on any atom is 0.250 e. The fourth-order valence-corrected chi connectivity index (χ4v) is 2.71. The molecule has 1 atom stereocenters. The maximum atomic E-state index is 12.0. The van der Waals surface area contributed by atoms with E-state index in [1.54, 1.807) is 6.07 Å². The summed E-state index contributed by atoms with van der Waals surface area (Å²) >= 11 is 0. The second-order valence-electron chi connectivity index (χ2n) is 4.66. The number of aromatic nitrogens is 1. The summed E-state index contributed by atoms with van der Waals surface area (Å²) in [7, 11) is 1.98. The molecule has 1 aliphatic carbocycles. The van der Waals surface area contributed by atoms with Crippen molar-refractivity contribution in [2.75, 3.05) is 20.3 Å². The van der Waals surface area contributed by atoms with E-state index in [0.717, 1.165) is 19.3 Å². The average molecular weight is 250 g/mol. The van der Waals surface area contributed by atoms with Crippen molar-refractivity contribution in [3.8, 4) is 0 Å². The minimum Gasteiger partial charge on any atom is -0.380 e. The van der Waals surface area contributed by atoms with E-state index in [0.29, 0.717) is 25.8 Å². The number of pyridine rings is 1. The summed E-state index contributed by atoms with van der Waals surface area (Å²) in [6.45, 7) is 3.94. The van der Waals surface area contributed by atoms with Crippen LogP contribution in [0.2, 0.25) is 0 Å². The van der Waals surface area contributed by atoms with Crippen molar-refractivity contribution in [2.24, 2.45) is 0 Å². The monoisotopic (exact) mass is 250 g/mol. The second kappa shape index (κ2) is 6.16. The van der Waals surface area contributed by atoms with Gasteiger partial charge in [0.15, 0.2) is 0 Å².